The van der Waals surface area contributed by atoms with E-state index in [0.717, 1.165) is 0 Å². The molecule has 2 aliphatic rings. The highest BCUT2D eigenvalue weighted by Gasteiger charge is 2.58. The zero-order valence-corrected chi connectivity index (χ0v) is 35.0. The van der Waals surface area contributed by atoms with E-state index in [1.165, 1.54) is 17.7 Å². The molecule has 2 radical (unpaired) electrons. The van der Waals surface area contributed by atoms with Crippen molar-refractivity contribution >= 4 is 55.1 Å². The standard InChI is InChI=1S/C43H44BF4N7O9/c1-4-24(18-56)26-13-33-38-27(17-55(33)40(61)28(26)19-63-3)37-30(11-10-25-22(2)29(45)14-31(53-38)36(25)37)54-41(62)42(44,43(46,47)48)64-21-51-34(58)16-50-39(60)32(52-35(59)15-49-20-57)12-23-8-6-5-7-9-23/h5-9,13-14,18,20,24,30,32H,4,10-12,15-17,19,21H2,1-3H3,(H,49,57)(H,50,60)(H,51,58)(H,52,59)(H,54,62). The van der Waals surface area contributed by atoms with Gasteiger partial charge in [0.1, 0.15) is 32.7 Å². The van der Waals surface area contributed by atoms with Gasteiger partial charge in [0.25, 0.3) is 11.5 Å². The molecule has 3 heterocycles. The van der Waals surface area contributed by atoms with Crippen LogP contribution in [0.25, 0.3) is 22.3 Å². The molecule has 0 saturated heterocycles. The Hall–Kier alpha value is -6.48. The average molecular weight is 890 g/mol. The molecule has 336 valence electrons. The molecule has 1 aliphatic carbocycles. The zero-order chi connectivity index (χ0) is 46.5. The maximum atomic E-state index is 15.4. The van der Waals surface area contributed by atoms with Crippen LogP contribution in [0.1, 0.15) is 70.7 Å². The summed E-state index contributed by atoms with van der Waals surface area (Å²) in [6, 6.07) is 8.90. The van der Waals surface area contributed by atoms with E-state index in [1.54, 1.807) is 50.2 Å². The van der Waals surface area contributed by atoms with E-state index < -0.39 is 84.5 Å². The van der Waals surface area contributed by atoms with E-state index >= 15 is 4.39 Å². The Bertz CT molecular complexity index is 2560. The number of ether oxygens (including phenoxy) is 2. The van der Waals surface area contributed by atoms with Crippen LogP contribution in [0.5, 0.6) is 0 Å². The number of carbonyl (C=O) groups excluding carboxylic acids is 6. The number of methoxy groups -OCH3 is 1. The van der Waals surface area contributed by atoms with Crippen molar-refractivity contribution in [3.05, 3.63) is 97.6 Å². The van der Waals surface area contributed by atoms with Crippen molar-refractivity contribution in [2.45, 2.75) is 82.4 Å². The molecular formula is C43H44BF4N7O9. The lowest BCUT2D eigenvalue weighted by Gasteiger charge is -2.35. The van der Waals surface area contributed by atoms with Crippen molar-refractivity contribution in [1.29, 1.82) is 0 Å². The molecule has 0 fully saturated rings. The molecule has 5 amide bonds. The normalized spacial score (nSPS) is 15.8. The molecule has 2 aromatic heterocycles. The second-order valence-corrected chi connectivity index (χ2v) is 15.4. The summed E-state index contributed by atoms with van der Waals surface area (Å²) >= 11 is 0. The fraction of sp³-hybridized carbons (Fsp3) is 0.395. The van der Waals surface area contributed by atoms with Gasteiger partial charge in [0.05, 0.1) is 49.2 Å². The Morgan fingerprint density at radius 2 is 1.78 bits per heavy atom. The van der Waals surface area contributed by atoms with E-state index in [0.29, 0.717) is 45.9 Å². The Kier molecular flexibility index (Phi) is 14.3. The number of alkyl halides is 3. The van der Waals surface area contributed by atoms with Crippen LogP contribution in [0, 0.1) is 12.7 Å². The van der Waals surface area contributed by atoms with Gasteiger partial charge in [0.2, 0.25) is 24.1 Å². The van der Waals surface area contributed by atoms with E-state index in [4.69, 9.17) is 22.3 Å². The van der Waals surface area contributed by atoms with Gasteiger partial charge in [0.15, 0.2) is 5.50 Å². The molecular weight excluding hydrogens is 845 g/mol. The Morgan fingerprint density at radius 3 is 2.44 bits per heavy atom. The van der Waals surface area contributed by atoms with Gasteiger partial charge in [0, 0.05) is 42.0 Å². The summed E-state index contributed by atoms with van der Waals surface area (Å²) in [5.74, 6) is -5.68. The number of hydrogen-bond donors (Lipinski definition) is 5. The van der Waals surface area contributed by atoms with Gasteiger partial charge >= 0.3 is 6.18 Å². The number of carbonyl (C=O) groups is 6. The van der Waals surface area contributed by atoms with Crippen molar-refractivity contribution in [2.24, 2.45) is 0 Å². The maximum absolute atomic E-state index is 15.4. The number of aryl methyl sites for hydroxylation is 1. The number of benzene rings is 2. The van der Waals surface area contributed by atoms with Crippen LogP contribution >= 0.6 is 0 Å². The SMILES string of the molecule is [B]C(OCNC(=O)CNC(=O)C(Cc1ccccc1)NC(=O)CNC=O)(C(=O)NC1CCc2c(C)c(F)cc3nc4c(c1c23)Cn1c-4cc(C(C=O)CC)c(COC)c1=O)C(F)(F)F. The molecule has 0 bridgehead atoms. The van der Waals surface area contributed by atoms with Crippen molar-refractivity contribution in [3.63, 3.8) is 0 Å². The third-order valence-corrected chi connectivity index (χ3v) is 11.4. The first-order valence-corrected chi connectivity index (χ1v) is 20.2. The molecule has 0 spiro atoms. The highest BCUT2D eigenvalue weighted by molar-refractivity contribution is 6.28. The smallest absolute Gasteiger partial charge is 0.380 e. The van der Waals surface area contributed by atoms with Crippen molar-refractivity contribution < 1.29 is 55.8 Å². The second kappa shape index (κ2) is 19.5. The molecule has 4 unspecified atom stereocenters. The average Bonchev–Trinajstić information content (AvgIpc) is 3.63. The molecule has 21 heteroatoms. The van der Waals surface area contributed by atoms with Crippen molar-refractivity contribution in [1.82, 2.24) is 36.1 Å². The summed E-state index contributed by atoms with van der Waals surface area (Å²) in [4.78, 5) is 93.3. The van der Waals surface area contributed by atoms with Gasteiger partial charge in [-0.05, 0) is 60.1 Å². The predicted molar refractivity (Wildman–Crippen MR) is 222 cm³/mol. The number of amides is 5. The number of fused-ring (bicyclic) bond motifs is 4. The van der Waals surface area contributed by atoms with Gasteiger partial charge in [-0.3, -0.25) is 28.8 Å². The highest BCUT2D eigenvalue weighted by atomic mass is 19.4. The summed E-state index contributed by atoms with van der Waals surface area (Å²) in [6.07, 6.45) is -4.11. The first-order chi connectivity index (χ1) is 30.5. The first kappa shape index (κ1) is 47.0. The van der Waals surface area contributed by atoms with Gasteiger partial charge < -0.3 is 45.4 Å². The summed E-state index contributed by atoms with van der Waals surface area (Å²) in [5, 5.41) is 11.7. The number of rotatable bonds is 19. The van der Waals surface area contributed by atoms with Gasteiger partial charge in [-0.15, -0.1) is 0 Å². The molecule has 0 saturated carbocycles. The molecule has 4 aromatic rings. The number of nitrogens with zero attached hydrogens (tertiary/aromatic N) is 2. The van der Waals surface area contributed by atoms with E-state index in [9.17, 15) is 46.7 Å². The minimum absolute atomic E-state index is 0.0139. The zero-order valence-electron chi connectivity index (χ0n) is 35.0. The fourth-order valence-electron chi connectivity index (χ4n) is 8.08. The fourth-order valence-corrected chi connectivity index (χ4v) is 8.08. The number of halogens is 4. The Balaban J connectivity index is 1.23. The van der Waals surface area contributed by atoms with E-state index in [-0.39, 0.29) is 66.9 Å². The Morgan fingerprint density at radius 1 is 1.05 bits per heavy atom. The predicted octanol–water partition coefficient (Wildman–Crippen LogP) is 1.92. The largest absolute Gasteiger partial charge is 0.417 e. The van der Waals surface area contributed by atoms with Crippen LogP contribution in [0.3, 0.4) is 0 Å². The van der Waals surface area contributed by atoms with Crippen molar-refractivity contribution in [2.75, 3.05) is 26.9 Å². The van der Waals surface area contributed by atoms with Gasteiger partial charge in [-0.25, -0.2) is 9.37 Å². The third-order valence-electron chi connectivity index (χ3n) is 11.4. The van der Waals surface area contributed by atoms with Crippen molar-refractivity contribution in [3.8, 4) is 11.4 Å². The number of aromatic nitrogens is 2. The van der Waals surface area contributed by atoms with Crippen LogP contribution in [0.2, 0.25) is 0 Å². The van der Waals surface area contributed by atoms with Crippen LogP contribution in [-0.4, -0.2) is 98.4 Å². The lowest BCUT2D eigenvalue weighted by Crippen LogP contribution is -2.61. The number of pyridine rings is 2. The maximum Gasteiger partial charge on any atom is 0.417 e. The van der Waals surface area contributed by atoms with Crippen LogP contribution < -0.4 is 32.1 Å². The van der Waals surface area contributed by atoms with Gasteiger partial charge in [-0.1, -0.05) is 37.3 Å². The molecule has 16 nitrogen and oxygen atoms in total. The minimum atomic E-state index is -5.55. The topological polar surface area (TPSA) is 216 Å². The first-order valence-electron chi connectivity index (χ1n) is 20.2. The van der Waals surface area contributed by atoms with E-state index in [2.05, 4.69) is 21.3 Å². The molecule has 2 aromatic carbocycles. The third kappa shape index (κ3) is 9.40. The lowest BCUT2D eigenvalue weighted by molar-refractivity contribution is -0.238. The van der Waals surface area contributed by atoms with Crippen LogP contribution in [0.4, 0.5) is 17.6 Å². The van der Waals surface area contributed by atoms with Crippen LogP contribution in [-0.2, 0) is 64.2 Å². The van der Waals surface area contributed by atoms with Crippen LogP contribution in [0.15, 0.2) is 47.3 Å². The lowest BCUT2D eigenvalue weighted by atomic mass is 9.77. The summed E-state index contributed by atoms with van der Waals surface area (Å²) in [6.45, 7) is 0.605. The number of hydrogen-bond acceptors (Lipinski definition) is 10. The second-order valence-electron chi connectivity index (χ2n) is 15.4. The summed E-state index contributed by atoms with van der Waals surface area (Å²) < 4.78 is 71.2. The molecule has 64 heavy (non-hydrogen) atoms. The highest BCUT2D eigenvalue weighted by Crippen LogP contribution is 2.45. The molecule has 1 aliphatic heterocycles. The van der Waals surface area contributed by atoms with E-state index in [1.807, 2.05) is 5.32 Å². The Labute approximate surface area is 364 Å². The molecule has 6 rings (SSSR count). The molecule has 5 N–H and O–H groups in total. The van der Waals surface area contributed by atoms with Gasteiger partial charge in [-0.2, -0.15) is 13.2 Å². The minimum Gasteiger partial charge on any atom is -0.380 e. The molecule has 4 atom stereocenters. The number of aldehydes is 1. The summed E-state index contributed by atoms with van der Waals surface area (Å²) in [7, 11) is 7.09. The number of nitrogens with one attached hydrogen (secondary N) is 5. The summed E-state index contributed by atoms with van der Waals surface area (Å²) in [5.41, 5.74) is -1.14. The monoisotopic (exact) mass is 889 g/mol. The quantitative estimate of drug-likeness (QED) is 0.0352.